The van der Waals surface area contributed by atoms with Gasteiger partial charge in [-0.05, 0) is 32.4 Å². The van der Waals surface area contributed by atoms with Crippen molar-refractivity contribution in [3.63, 3.8) is 0 Å². The van der Waals surface area contributed by atoms with Gasteiger partial charge in [-0.3, -0.25) is 14.8 Å². The average molecular weight is 367 g/mol. The quantitative estimate of drug-likeness (QED) is 0.593. The number of nitro benzene ring substituents is 1. The van der Waals surface area contributed by atoms with Gasteiger partial charge in [0.2, 0.25) is 10.0 Å². The van der Waals surface area contributed by atoms with Crippen LogP contribution in [-0.4, -0.2) is 23.1 Å². The third-order valence-electron chi connectivity index (χ3n) is 4.15. The summed E-state index contributed by atoms with van der Waals surface area (Å²) in [7, 11) is -2.18. The molecule has 0 aliphatic carbocycles. The molecule has 2 aromatic rings. The highest BCUT2D eigenvalue weighted by atomic mass is 32.2. The number of sulfonamides is 1. The molecule has 0 saturated carbocycles. The molecule has 0 fully saturated rings. The predicted molar refractivity (Wildman–Crippen MR) is 93.8 cm³/mol. The van der Waals surface area contributed by atoms with Crippen LogP contribution < -0.4 is 10.5 Å². The standard InChI is InChI=1S/C15H21N5O4S/c1-5-12(15-9(2)18-19(4)10(15)3)17-13-7-6-11(25(16,23)24)8-14(13)20(21)22/h6-8,12,17H,5H2,1-4H3,(H2,16,23,24). The van der Waals surface area contributed by atoms with E-state index in [9.17, 15) is 18.5 Å². The van der Waals surface area contributed by atoms with Gasteiger partial charge in [-0.1, -0.05) is 6.92 Å². The number of nitrogens with two attached hydrogens (primary N) is 1. The first kappa shape index (κ1) is 18.9. The Hall–Kier alpha value is -2.46. The van der Waals surface area contributed by atoms with Crippen LogP contribution in [0.4, 0.5) is 11.4 Å². The molecular formula is C15H21N5O4S. The molecule has 1 unspecified atom stereocenters. The van der Waals surface area contributed by atoms with Crippen LogP contribution in [-0.2, 0) is 17.1 Å². The highest BCUT2D eigenvalue weighted by molar-refractivity contribution is 7.89. The maximum absolute atomic E-state index is 11.4. The molecule has 1 atom stereocenters. The van der Waals surface area contributed by atoms with Crippen molar-refractivity contribution in [2.45, 2.75) is 38.1 Å². The average Bonchev–Trinajstić information content (AvgIpc) is 2.77. The first-order valence-electron chi connectivity index (χ1n) is 7.64. The highest BCUT2D eigenvalue weighted by Crippen LogP contribution is 2.33. The molecule has 1 aromatic heterocycles. The van der Waals surface area contributed by atoms with Crippen molar-refractivity contribution in [2.24, 2.45) is 12.2 Å². The molecule has 0 bridgehead atoms. The van der Waals surface area contributed by atoms with E-state index in [4.69, 9.17) is 5.14 Å². The minimum Gasteiger partial charge on any atom is -0.373 e. The number of anilines is 1. The summed E-state index contributed by atoms with van der Waals surface area (Å²) in [5, 5.41) is 23.9. The van der Waals surface area contributed by atoms with Gasteiger partial charge in [0.1, 0.15) is 5.69 Å². The topological polar surface area (TPSA) is 133 Å². The number of benzene rings is 1. The van der Waals surface area contributed by atoms with Crippen LogP contribution in [0.1, 0.15) is 36.3 Å². The van der Waals surface area contributed by atoms with Crippen LogP contribution in [0, 0.1) is 24.0 Å². The van der Waals surface area contributed by atoms with Gasteiger partial charge in [-0.2, -0.15) is 5.10 Å². The lowest BCUT2D eigenvalue weighted by atomic mass is 10.0. The molecule has 0 amide bonds. The van der Waals surface area contributed by atoms with Crippen molar-refractivity contribution in [1.82, 2.24) is 9.78 Å². The minimum atomic E-state index is -4.02. The summed E-state index contributed by atoms with van der Waals surface area (Å²) < 4.78 is 24.6. The summed E-state index contributed by atoms with van der Waals surface area (Å²) in [6, 6.07) is 3.38. The monoisotopic (exact) mass is 367 g/mol. The number of hydrogen-bond acceptors (Lipinski definition) is 6. The van der Waals surface area contributed by atoms with Crippen LogP contribution >= 0.6 is 0 Å². The van der Waals surface area contributed by atoms with Crippen molar-refractivity contribution < 1.29 is 13.3 Å². The van der Waals surface area contributed by atoms with Gasteiger partial charge >= 0.3 is 0 Å². The van der Waals surface area contributed by atoms with Gasteiger partial charge in [0.25, 0.3) is 5.69 Å². The summed E-state index contributed by atoms with van der Waals surface area (Å²) in [6.07, 6.45) is 0.668. The summed E-state index contributed by atoms with van der Waals surface area (Å²) in [5.41, 5.74) is 2.65. The Morgan fingerprint density at radius 2 is 2.04 bits per heavy atom. The molecule has 0 aliphatic rings. The molecule has 0 saturated heterocycles. The largest absolute Gasteiger partial charge is 0.373 e. The van der Waals surface area contributed by atoms with Gasteiger partial charge < -0.3 is 5.32 Å². The number of primary sulfonamides is 1. The fourth-order valence-electron chi connectivity index (χ4n) is 2.82. The number of aromatic nitrogens is 2. The Balaban J connectivity index is 2.49. The molecule has 1 aromatic carbocycles. The SMILES string of the molecule is CCC(Nc1ccc(S(N)(=O)=O)cc1[N+](=O)[O-])c1c(C)nn(C)c1C. The van der Waals surface area contributed by atoms with Crippen molar-refractivity contribution in [3.8, 4) is 0 Å². The summed E-state index contributed by atoms with van der Waals surface area (Å²) in [4.78, 5) is 10.4. The molecule has 25 heavy (non-hydrogen) atoms. The Morgan fingerprint density at radius 1 is 1.40 bits per heavy atom. The van der Waals surface area contributed by atoms with Gasteiger partial charge in [0.15, 0.2) is 0 Å². The molecule has 0 aliphatic heterocycles. The Bertz CT molecular complexity index is 920. The molecule has 0 radical (unpaired) electrons. The number of hydrogen-bond donors (Lipinski definition) is 2. The third kappa shape index (κ3) is 3.80. The molecular weight excluding hydrogens is 346 g/mol. The lowest BCUT2D eigenvalue weighted by Crippen LogP contribution is -2.15. The first-order chi connectivity index (χ1) is 11.6. The molecule has 1 heterocycles. The Morgan fingerprint density at radius 3 is 2.48 bits per heavy atom. The van der Waals surface area contributed by atoms with Crippen molar-refractivity contribution in [3.05, 3.63) is 45.3 Å². The Labute approximate surface area is 146 Å². The van der Waals surface area contributed by atoms with E-state index >= 15 is 0 Å². The van der Waals surface area contributed by atoms with E-state index in [1.165, 1.54) is 12.1 Å². The number of nitrogens with zero attached hydrogens (tertiary/aromatic N) is 3. The maximum atomic E-state index is 11.4. The molecule has 3 N–H and O–H groups in total. The van der Waals surface area contributed by atoms with Crippen molar-refractivity contribution in [1.29, 1.82) is 0 Å². The van der Waals surface area contributed by atoms with Crippen molar-refractivity contribution >= 4 is 21.4 Å². The zero-order chi connectivity index (χ0) is 18.9. The second kappa shape index (κ2) is 6.81. The summed E-state index contributed by atoms with van der Waals surface area (Å²) in [6.45, 7) is 5.76. The van der Waals surface area contributed by atoms with Crippen LogP contribution in [0.25, 0.3) is 0 Å². The summed E-state index contributed by atoms with van der Waals surface area (Å²) >= 11 is 0. The fraction of sp³-hybridized carbons (Fsp3) is 0.400. The van der Waals surface area contributed by atoms with Gasteiger partial charge in [0.05, 0.1) is 21.6 Å². The zero-order valence-electron chi connectivity index (χ0n) is 14.5. The van der Waals surface area contributed by atoms with Crippen molar-refractivity contribution in [2.75, 3.05) is 5.32 Å². The highest BCUT2D eigenvalue weighted by Gasteiger charge is 2.24. The second-order valence-electron chi connectivity index (χ2n) is 5.79. The van der Waals surface area contributed by atoms with E-state index in [1.807, 2.05) is 27.8 Å². The van der Waals surface area contributed by atoms with Gasteiger partial charge in [-0.25, -0.2) is 13.6 Å². The number of nitrogens with one attached hydrogen (secondary N) is 1. The fourth-order valence-corrected chi connectivity index (χ4v) is 3.36. The number of aryl methyl sites for hydroxylation is 2. The third-order valence-corrected chi connectivity index (χ3v) is 5.06. The van der Waals surface area contributed by atoms with E-state index in [0.29, 0.717) is 6.42 Å². The van der Waals surface area contributed by atoms with E-state index in [2.05, 4.69) is 10.4 Å². The predicted octanol–water partition coefficient (Wildman–Crippen LogP) is 2.16. The smallest absolute Gasteiger partial charge is 0.293 e. The van der Waals surface area contributed by atoms with E-state index in [-0.39, 0.29) is 22.3 Å². The molecule has 0 spiro atoms. The maximum Gasteiger partial charge on any atom is 0.293 e. The van der Waals surface area contributed by atoms with Gasteiger partial charge in [-0.15, -0.1) is 0 Å². The lowest BCUT2D eigenvalue weighted by Gasteiger charge is -2.19. The number of rotatable bonds is 6. The molecule has 9 nitrogen and oxygen atoms in total. The first-order valence-corrected chi connectivity index (χ1v) is 9.18. The van der Waals surface area contributed by atoms with E-state index in [1.54, 1.807) is 4.68 Å². The Kier molecular flexibility index (Phi) is 5.14. The molecule has 136 valence electrons. The van der Waals surface area contributed by atoms with Crippen LogP contribution in [0.15, 0.2) is 23.1 Å². The van der Waals surface area contributed by atoms with Crippen LogP contribution in [0.5, 0.6) is 0 Å². The summed E-state index contributed by atoms with van der Waals surface area (Å²) in [5.74, 6) is 0. The molecule has 2 rings (SSSR count). The lowest BCUT2D eigenvalue weighted by molar-refractivity contribution is -0.384. The van der Waals surface area contributed by atoms with E-state index < -0.39 is 14.9 Å². The van der Waals surface area contributed by atoms with Crippen LogP contribution in [0.3, 0.4) is 0 Å². The minimum absolute atomic E-state index is 0.201. The van der Waals surface area contributed by atoms with Gasteiger partial charge in [0, 0.05) is 24.4 Å². The normalized spacial score (nSPS) is 12.8. The second-order valence-corrected chi connectivity index (χ2v) is 7.36. The zero-order valence-corrected chi connectivity index (χ0v) is 15.3. The van der Waals surface area contributed by atoms with Crippen LogP contribution in [0.2, 0.25) is 0 Å². The van der Waals surface area contributed by atoms with E-state index in [0.717, 1.165) is 23.0 Å². The number of nitro groups is 1. The molecule has 10 heteroatoms.